The van der Waals surface area contributed by atoms with Crippen molar-refractivity contribution in [3.63, 3.8) is 0 Å². The highest BCUT2D eigenvalue weighted by molar-refractivity contribution is 9.10. The minimum atomic E-state index is -0.200. The topological polar surface area (TPSA) is 50.7 Å². The van der Waals surface area contributed by atoms with Crippen molar-refractivity contribution in [2.45, 2.75) is 39.0 Å². The Hall–Kier alpha value is -0.780. The van der Waals surface area contributed by atoms with Gasteiger partial charge in [-0.2, -0.15) is 0 Å². The lowest BCUT2D eigenvalue weighted by molar-refractivity contribution is -0.0729. The number of halogens is 1. The van der Waals surface area contributed by atoms with Gasteiger partial charge in [0.25, 0.3) is 0 Å². The van der Waals surface area contributed by atoms with E-state index >= 15 is 0 Å². The van der Waals surface area contributed by atoms with Gasteiger partial charge in [-0.3, -0.25) is 0 Å². The number of hydrogen-bond donors (Lipinski definition) is 2. The molecule has 1 heterocycles. The number of aliphatic hydroxyl groups is 1. The van der Waals surface area contributed by atoms with E-state index < -0.39 is 0 Å². The number of nitrogens with one attached hydrogen (secondary N) is 1. The number of rotatable bonds is 3. The van der Waals surface area contributed by atoms with E-state index in [0.29, 0.717) is 6.04 Å². The molecular weight excluding hydrogens is 310 g/mol. The van der Waals surface area contributed by atoms with E-state index in [1.165, 1.54) is 0 Å². The molecule has 2 atom stereocenters. The van der Waals surface area contributed by atoms with E-state index in [1.54, 1.807) is 0 Å². The first-order valence-corrected chi connectivity index (χ1v) is 7.27. The van der Waals surface area contributed by atoms with Crippen LogP contribution in [-0.2, 0) is 6.54 Å². The SMILES string of the molecule is CC1(C)C(O)CC1NCc1cc(Br)c2c(c1)OCO2. The smallest absolute Gasteiger partial charge is 0.231 e. The maximum Gasteiger partial charge on any atom is 0.231 e. The first-order valence-electron chi connectivity index (χ1n) is 6.48. The van der Waals surface area contributed by atoms with Crippen molar-refractivity contribution in [2.24, 2.45) is 5.41 Å². The molecule has 1 aliphatic carbocycles. The molecule has 2 unspecified atom stereocenters. The number of ether oxygens (including phenoxy) is 2. The Morgan fingerprint density at radius 1 is 1.42 bits per heavy atom. The second-order valence-corrected chi connectivity index (χ2v) is 6.67. The number of benzene rings is 1. The maximum atomic E-state index is 9.73. The van der Waals surface area contributed by atoms with E-state index in [-0.39, 0.29) is 18.3 Å². The molecule has 2 N–H and O–H groups in total. The van der Waals surface area contributed by atoms with Crippen molar-refractivity contribution < 1.29 is 14.6 Å². The quantitative estimate of drug-likeness (QED) is 0.895. The van der Waals surface area contributed by atoms with Gasteiger partial charge >= 0.3 is 0 Å². The molecule has 1 aromatic rings. The van der Waals surface area contributed by atoms with Crippen LogP contribution in [-0.4, -0.2) is 24.0 Å². The second kappa shape index (κ2) is 4.65. The van der Waals surface area contributed by atoms with Crippen LogP contribution in [0.2, 0.25) is 0 Å². The molecule has 19 heavy (non-hydrogen) atoms. The lowest BCUT2D eigenvalue weighted by atomic mass is 9.64. The Kier molecular flexibility index (Phi) is 3.23. The molecule has 2 aliphatic rings. The first-order chi connectivity index (χ1) is 8.98. The summed E-state index contributed by atoms with van der Waals surface area (Å²) in [6.45, 7) is 5.23. The van der Waals surface area contributed by atoms with Crippen molar-refractivity contribution in [2.75, 3.05) is 6.79 Å². The molecule has 0 amide bonds. The average Bonchev–Trinajstić information content (AvgIpc) is 2.83. The van der Waals surface area contributed by atoms with E-state index in [0.717, 1.165) is 34.5 Å². The summed E-state index contributed by atoms with van der Waals surface area (Å²) in [6, 6.07) is 4.40. The normalized spacial score (nSPS) is 27.2. The molecule has 1 fully saturated rings. The van der Waals surface area contributed by atoms with Crippen LogP contribution in [0, 0.1) is 5.41 Å². The summed E-state index contributed by atoms with van der Waals surface area (Å²) in [4.78, 5) is 0. The molecule has 5 heteroatoms. The highest BCUT2D eigenvalue weighted by Crippen LogP contribution is 2.42. The Morgan fingerprint density at radius 2 is 2.21 bits per heavy atom. The Labute approximate surface area is 121 Å². The highest BCUT2D eigenvalue weighted by Gasteiger charge is 2.46. The van der Waals surface area contributed by atoms with Gasteiger partial charge in [0, 0.05) is 18.0 Å². The van der Waals surface area contributed by atoms with Crippen molar-refractivity contribution in [3.8, 4) is 11.5 Å². The lowest BCUT2D eigenvalue weighted by Gasteiger charge is -2.49. The Morgan fingerprint density at radius 3 is 2.89 bits per heavy atom. The fourth-order valence-electron chi connectivity index (χ4n) is 2.61. The summed E-state index contributed by atoms with van der Waals surface area (Å²) < 4.78 is 11.7. The van der Waals surface area contributed by atoms with E-state index in [9.17, 15) is 5.11 Å². The van der Waals surface area contributed by atoms with Gasteiger partial charge in [0.05, 0.1) is 10.6 Å². The third-order valence-corrected chi connectivity index (χ3v) is 4.84. The maximum absolute atomic E-state index is 9.73. The molecule has 0 aromatic heterocycles. The standard InChI is InChI=1S/C14H18BrNO3/c1-14(2)11(5-12(14)17)16-6-8-3-9(15)13-10(4-8)18-7-19-13/h3-4,11-12,16-17H,5-7H2,1-2H3. The van der Waals surface area contributed by atoms with Crippen LogP contribution in [0.15, 0.2) is 16.6 Å². The van der Waals surface area contributed by atoms with Crippen LogP contribution in [0.5, 0.6) is 11.5 Å². The summed E-state index contributed by atoms with van der Waals surface area (Å²) in [6.07, 6.45) is 0.618. The zero-order valence-electron chi connectivity index (χ0n) is 11.1. The monoisotopic (exact) mass is 327 g/mol. The average molecular weight is 328 g/mol. The summed E-state index contributed by atoms with van der Waals surface area (Å²) in [5.74, 6) is 1.57. The second-order valence-electron chi connectivity index (χ2n) is 5.82. The van der Waals surface area contributed by atoms with Crippen LogP contribution in [0.4, 0.5) is 0 Å². The van der Waals surface area contributed by atoms with Crippen LogP contribution in [0.3, 0.4) is 0 Å². The van der Waals surface area contributed by atoms with Gasteiger partial charge in [-0.25, -0.2) is 0 Å². The Bertz CT molecular complexity index is 504. The predicted molar refractivity (Wildman–Crippen MR) is 75.3 cm³/mol. The van der Waals surface area contributed by atoms with Crippen LogP contribution < -0.4 is 14.8 Å². The highest BCUT2D eigenvalue weighted by atomic mass is 79.9. The lowest BCUT2D eigenvalue weighted by Crippen LogP contribution is -2.59. The van der Waals surface area contributed by atoms with Crippen molar-refractivity contribution >= 4 is 15.9 Å². The van der Waals surface area contributed by atoms with Gasteiger partial charge < -0.3 is 19.9 Å². The minimum absolute atomic E-state index is 0.0480. The van der Waals surface area contributed by atoms with Gasteiger partial charge in [0.15, 0.2) is 11.5 Å². The molecule has 1 aromatic carbocycles. The third kappa shape index (κ3) is 2.24. The molecular formula is C14H18BrNO3. The van der Waals surface area contributed by atoms with Crippen molar-refractivity contribution in [1.29, 1.82) is 0 Å². The third-order valence-electron chi connectivity index (χ3n) is 4.26. The minimum Gasteiger partial charge on any atom is -0.454 e. The summed E-state index contributed by atoms with van der Waals surface area (Å²) in [5.41, 5.74) is 1.10. The summed E-state index contributed by atoms with van der Waals surface area (Å²) in [5, 5.41) is 13.2. The predicted octanol–water partition coefficient (Wildman–Crippen LogP) is 2.43. The van der Waals surface area contributed by atoms with Crippen LogP contribution in [0.25, 0.3) is 0 Å². The van der Waals surface area contributed by atoms with E-state index in [2.05, 4.69) is 35.1 Å². The molecule has 0 spiro atoms. The van der Waals surface area contributed by atoms with Gasteiger partial charge in [-0.05, 0) is 40.0 Å². The number of aliphatic hydroxyl groups excluding tert-OH is 1. The fraction of sp³-hybridized carbons (Fsp3) is 0.571. The molecule has 104 valence electrons. The number of hydrogen-bond acceptors (Lipinski definition) is 4. The molecule has 4 nitrogen and oxygen atoms in total. The summed E-state index contributed by atoms with van der Waals surface area (Å²) >= 11 is 3.50. The molecule has 1 saturated carbocycles. The largest absolute Gasteiger partial charge is 0.454 e. The number of fused-ring (bicyclic) bond motifs is 1. The fourth-order valence-corrected chi connectivity index (χ4v) is 3.22. The van der Waals surface area contributed by atoms with Crippen LogP contribution in [0.1, 0.15) is 25.8 Å². The van der Waals surface area contributed by atoms with Gasteiger partial charge in [-0.1, -0.05) is 13.8 Å². The molecule has 3 rings (SSSR count). The molecule has 0 radical (unpaired) electrons. The molecule has 1 aliphatic heterocycles. The van der Waals surface area contributed by atoms with E-state index in [4.69, 9.17) is 9.47 Å². The van der Waals surface area contributed by atoms with Crippen molar-refractivity contribution in [1.82, 2.24) is 5.32 Å². The van der Waals surface area contributed by atoms with Gasteiger partial charge in [0.1, 0.15) is 0 Å². The first kappa shape index (κ1) is 13.2. The van der Waals surface area contributed by atoms with Gasteiger partial charge in [-0.15, -0.1) is 0 Å². The molecule has 0 bridgehead atoms. The van der Waals surface area contributed by atoms with Crippen molar-refractivity contribution in [3.05, 3.63) is 22.2 Å². The zero-order valence-corrected chi connectivity index (χ0v) is 12.7. The summed E-state index contributed by atoms with van der Waals surface area (Å²) in [7, 11) is 0. The Balaban J connectivity index is 1.67. The zero-order chi connectivity index (χ0) is 13.6. The molecule has 0 saturated heterocycles. The van der Waals surface area contributed by atoms with Gasteiger partial charge in [0.2, 0.25) is 6.79 Å². The van der Waals surface area contributed by atoms with Crippen LogP contribution >= 0.6 is 15.9 Å². The van der Waals surface area contributed by atoms with E-state index in [1.807, 2.05) is 12.1 Å².